The Labute approximate surface area is 176 Å². The zero-order valence-corrected chi connectivity index (χ0v) is 17.6. The molecule has 2 aromatic carbocycles. The summed E-state index contributed by atoms with van der Waals surface area (Å²) < 4.78 is 46.1. The van der Waals surface area contributed by atoms with Gasteiger partial charge in [-0.3, -0.25) is 4.79 Å². The Bertz CT molecular complexity index is 1030. The number of nitrogens with one attached hydrogen (secondary N) is 1. The van der Waals surface area contributed by atoms with Gasteiger partial charge in [0.2, 0.25) is 15.9 Å². The van der Waals surface area contributed by atoms with Crippen LogP contribution in [0.3, 0.4) is 0 Å². The van der Waals surface area contributed by atoms with Gasteiger partial charge in [0, 0.05) is 19.1 Å². The van der Waals surface area contributed by atoms with Crippen molar-refractivity contribution in [2.75, 3.05) is 20.2 Å². The molecule has 1 heterocycles. The number of benzene rings is 2. The van der Waals surface area contributed by atoms with Crippen LogP contribution in [0.25, 0.3) is 0 Å². The maximum absolute atomic E-state index is 13.1. The molecular weight excluding hydrogens is 407 g/mol. The molecule has 1 aliphatic carbocycles. The van der Waals surface area contributed by atoms with E-state index in [0.29, 0.717) is 25.9 Å². The summed E-state index contributed by atoms with van der Waals surface area (Å²) in [7, 11) is -2.10. The first-order valence-electron chi connectivity index (χ1n) is 10.1. The molecule has 1 saturated heterocycles. The van der Waals surface area contributed by atoms with Crippen LogP contribution < -0.4 is 9.46 Å². The molecule has 1 amide bonds. The fraction of sp³-hybridized carbons (Fsp3) is 0.409. The minimum absolute atomic E-state index is 0.0407. The van der Waals surface area contributed by atoms with Gasteiger partial charge in [-0.25, -0.2) is 17.5 Å². The van der Waals surface area contributed by atoms with Crippen molar-refractivity contribution in [3.05, 3.63) is 59.4 Å². The van der Waals surface area contributed by atoms with Gasteiger partial charge in [0.15, 0.2) is 0 Å². The Morgan fingerprint density at radius 3 is 2.47 bits per heavy atom. The molecule has 0 spiro atoms. The van der Waals surface area contributed by atoms with Gasteiger partial charge >= 0.3 is 0 Å². The van der Waals surface area contributed by atoms with Crippen molar-refractivity contribution in [2.24, 2.45) is 0 Å². The van der Waals surface area contributed by atoms with E-state index in [0.717, 1.165) is 36.3 Å². The summed E-state index contributed by atoms with van der Waals surface area (Å²) in [6.07, 6.45) is 2.76. The van der Waals surface area contributed by atoms with Crippen LogP contribution in [0.15, 0.2) is 47.4 Å². The number of carbonyl (C=O) groups excluding carboxylic acids is 1. The van der Waals surface area contributed by atoms with Gasteiger partial charge in [-0.05, 0) is 73.2 Å². The smallest absolute Gasteiger partial charge is 0.240 e. The van der Waals surface area contributed by atoms with Crippen LogP contribution in [-0.4, -0.2) is 45.5 Å². The summed E-state index contributed by atoms with van der Waals surface area (Å²) in [4.78, 5) is 15.0. The van der Waals surface area contributed by atoms with Crippen LogP contribution >= 0.6 is 0 Å². The first-order valence-corrected chi connectivity index (χ1v) is 11.6. The van der Waals surface area contributed by atoms with E-state index in [1.54, 1.807) is 7.11 Å². The fourth-order valence-electron chi connectivity index (χ4n) is 4.30. The molecule has 0 radical (unpaired) electrons. The summed E-state index contributed by atoms with van der Waals surface area (Å²) in [6, 6.07) is 10.4. The van der Waals surface area contributed by atoms with E-state index in [-0.39, 0.29) is 22.8 Å². The molecule has 1 fully saturated rings. The molecule has 1 aliphatic heterocycles. The average Bonchev–Trinajstić information content (AvgIpc) is 3.17. The number of nitrogens with zero attached hydrogens (tertiary/aromatic N) is 1. The van der Waals surface area contributed by atoms with E-state index in [1.165, 1.54) is 17.7 Å². The molecular formula is C22H25FN2O4S. The molecule has 0 saturated carbocycles. The molecule has 1 atom stereocenters. The first-order chi connectivity index (χ1) is 14.4. The van der Waals surface area contributed by atoms with Gasteiger partial charge < -0.3 is 9.64 Å². The highest BCUT2D eigenvalue weighted by Crippen LogP contribution is 2.37. The lowest BCUT2D eigenvalue weighted by molar-refractivity contribution is -0.133. The molecule has 2 aromatic rings. The van der Waals surface area contributed by atoms with Gasteiger partial charge in [-0.1, -0.05) is 6.07 Å². The number of rotatable bonds is 5. The van der Waals surface area contributed by atoms with Crippen LogP contribution in [0.5, 0.6) is 5.75 Å². The molecule has 0 aromatic heterocycles. The van der Waals surface area contributed by atoms with Crippen molar-refractivity contribution in [3.63, 3.8) is 0 Å². The first kappa shape index (κ1) is 20.8. The van der Waals surface area contributed by atoms with Gasteiger partial charge in [0.25, 0.3) is 0 Å². The third-order valence-corrected chi connectivity index (χ3v) is 7.52. The number of hydrogen-bond acceptors (Lipinski definition) is 4. The number of amides is 1. The summed E-state index contributed by atoms with van der Waals surface area (Å²) in [5.41, 5.74) is 2.23. The number of ether oxygens (including phenoxy) is 1. The van der Waals surface area contributed by atoms with E-state index in [2.05, 4.69) is 4.72 Å². The second kappa shape index (κ2) is 8.35. The highest BCUT2D eigenvalue weighted by atomic mass is 32.2. The lowest BCUT2D eigenvalue weighted by Gasteiger charge is -2.34. The molecule has 6 nitrogen and oxygen atoms in total. The third kappa shape index (κ3) is 4.20. The van der Waals surface area contributed by atoms with E-state index in [9.17, 15) is 17.6 Å². The zero-order valence-electron chi connectivity index (χ0n) is 16.8. The van der Waals surface area contributed by atoms with Crippen LogP contribution in [0.4, 0.5) is 4.39 Å². The van der Waals surface area contributed by atoms with Gasteiger partial charge in [-0.2, -0.15) is 0 Å². The average molecular weight is 433 g/mol. The molecule has 30 heavy (non-hydrogen) atoms. The molecule has 1 unspecified atom stereocenters. The van der Waals surface area contributed by atoms with Crippen molar-refractivity contribution in [1.82, 2.24) is 9.62 Å². The van der Waals surface area contributed by atoms with Crippen LogP contribution in [0, 0.1) is 5.82 Å². The second-order valence-corrected chi connectivity index (χ2v) is 9.54. The van der Waals surface area contributed by atoms with Crippen LogP contribution in [0.2, 0.25) is 0 Å². The number of piperidine rings is 1. The molecule has 8 heteroatoms. The predicted octanol–water partition coefficient (Wildman–Crippen LogP) is 2.83. The Balaban J connectivity index is 1.37. The Hall–Kier alpha value is -2.45. The standard InChI is InChI=1S/C22H25FN2O4S/c1-29-18-6-2-15-3-9-20(21(15)14-18)22(26)25-12-10-17(11-13-25)24-30(27,28)19-7-4-16(23)5-8-19/h2,4-8,14,17,20,24H,3,9-13H2,1H3. The van der Waals surface area contributed by atoms with E-state index < -0.39 is 15.8 Å². The number of fused-ring (bicyclic) bond motifs is 1. The highest BCUT2D eigenvalue weighted by Gasteiger charge is 2.34. The topological polar surface area (TPSA) is 75.7 Å². The summed E-state index contributed by atoms with van der Waals surface area (Å²) >= 11 is 0. The maximum atomic E-state index is 13.1. The summed E-state index contributed by atoms with van der Waals surface area (Å²) in [6.45, 7) is 1.01. The normalized spacial score (nSPS) is 19.5. The van der Waals surface area contributed by atoms with Crippen molar-refractivity contribution >= 4 is 15.9 Å². The lowest BCUT2D eigenvalue weighted by atomic mass is 9.97. The SMILES string of the molecule is COc1ccc2c(c1)C(C(=O)N1CCC(NS(=O)(=O)c3ccc(F)cc3)CC1)CC2. The predicted molar refractivity (Wildman–Crippen MR) is 110 cm³/mol. The van der Waals surface area contributed by atoms with Crippen molar-refractivity contribution in [1.29, 1.82) is 0 Å². The number of sulfonamides is 1. The number of carbonyl (C=O) groups is 1. The van der Waals surface area contributed by atoms with Crippen molar-refractivity contribution in [3.8, 4) is 5.75 Å². The van der Waals surface area contributed by atoms with E-state index in [4.69, 9.17) is 4.74 Å². The van der Waals surface area contributed by atoms with Gasteiger partial charge in [-0.15, -0.1) is 0 Å². The maximum Gasteiger partial charge on any atom is 0.240 e. The van der Waals surface area contributed by atoms with Gasteiger partial charge in [0.05, 0.1) is 17.9 Å². The van der Waals surface area contributed by atoms with E-state index >= 15 is 0 Å². The number of likely N-dealkylation sites (tertiary alicyclic amines) is 1. The van der Waals surface area contributed by atoms with Crippen LogP contribution in [-0.2, 0) is 21.2 Å². The minimum Gasteiger partial charge on any atom is -0.497 e. The highest BCUT2D eigenvalue weighted by molar-refractivity contribution is 7.89. The minimum atomic E-state index is -3.71. The van der Waals surface area contributed by atoms with Gasteiger partial charge in [0.1, 0.15) is 11.6 Å². The molecule has 160 valence electrons. The molecule has 2 aliphatic rings. The zero-order chi connectivity index (χ0) is 21.3. The lowest BCUT2D eigenvalue weighted by Crippen LogP contribution is -2.47. The number of halogens is 1. The summed E-state index contributed by atoms with van der Waals surface area (Å²) in [5.74, 6) is 0.207. The van der Waals surface area contributed by atoms with Crippen LogP contribution in [0.1, 0.15) is 36.3 Å². The second-order valence-electron chi connectivity index (χ2n) is 7.83. The summed E-state index contributed by atoms with van der Waals surface area (Å²) in [5, 5.41) is 0. The molecule has 4 rings (SSSR count). The van der Waals surface area contributed by atoms with Crippen molar-refractivity contribution < 1.29 is 22.3 Å². The van der Waals surface area contributed by atoms with E-state index in [1.807, 2.05) is 23.1 Å². The largest absolute Gasteiger partial charge is 0.497 e. The Morgan fingerprint density at radius 2 is 1.80 bits per heavy atom. The Kier molecular flexibility index (Phi) is 5.79. The number of methoxy groups -OCH3 is 1. The molecule has 1 N–H and O–H groups in total. The van der Waals surface area contributed by atoms with Crippen molar-refractivity contribution in [2.45, 2.75) is 42.5 Å². The monoisotopic (exact) mass is 432 g/mol. The molecule has 0 bridgehead atoms. The number of hydrogen-bond donors (Lipinski definition) is 1. The number of aryl methyl sites for hydroxylation is 1. The quantitative estimate of drug-likeness (QED) is 0.788. The fourth-order valence-corrected chi connectivity index (χ4v) is 5.61. The third-order valence-electron chi connectivity index (χ3n) is 5.98. The Morgan fingerprint density at radius 1 is 1.10 bits per heavy atom.